The monoisotopic (exact) mass is 345 g/mol. The Labute approximate surface area is 142 Å². The van der Waals surface area contributed by atoms with Gasteiger partial charge in [0.1, 0.15) is 0 Å². The van der Waals surface area contributed by atoms with Crippen molar-refractivity contribution in [1.29, 1.82) is 0 Å². The lowest BCUT2D eigenvalue weighted by atomic mass is 10.2. The second-order valence-corrected chi connectivity index (χ2v) is 5.29. The van der Waals surface area contributed by atoms with Gasteiger partial charge in [0.25, 0.3) is 11.5 Å². The third-order valence-corrected chi connectivity index (χ3v) is 3.46. The van der Waals surface area contributed by atoms with Gasteiger partial charge >= 0.3 is 5.97 Å². The average Bonchev–Trinajstić information content (AvgIpc) is 3.04. The van der Waals surface area contributed by atoms with E-state index in [9.17, 15) is 14.4 Å². The lowest BCUT2D eigenvalue weighted by molar-refractivity contribution is -0.123. The van der Waals surface area contributed by atoms with Crippen LogP contribution in [0.4, 0.5) is 5.69 Å². The maximum Gasteiger partial charge on any atom is 0.359 e. The fourth-order valence-electron chi connectivity index (χ4n) is 2.10. The van der Waals surface area contributed by atoms with Crippen molar-refractivity contribution < 1.29 is 23.8 Å². The number of aryl methyl sites for hydroxylation is 1. The fraction of sp³-hybridized carbons (Fsp3) is 0.250. The van der Waals surface area contributed by atoms with Gasteiger partial charge in [-0.15, -0.1) is 0 Å². The lowest BCUT2D eigenvalue weighted by Gasteiger charge is -2.13. The zero-order valence-electron chi connectivity index (χ0n) is 13.5. The van der Waals surface area contributed by atoms with E-state index in [1.807, 2.05) is 0 Å². The van der Waals surface area contributed by atoms with E-state index in [2.05, 4.69) is 10.4 Å². The van der Waals surface area contributed by atoms with E-state index in [1.54, 1.807) is 18.2 Å². The molecular weight excluding hydrogens is 330 g/mol. The number of hydrogen-bond acceptors (Lipinski definition) is 7. The summed E-state index contributed by atoms with van der Waals surface area (Å²) in [5, 5.41) is 6.40. The number of hydrogen-bond donors (Lipinski definition) is 1. The van der Waals surface area contributed by atoms with E-state index in [4.69, 9.17) is 14.2 Å². The minimum absolute atomic E-state index is 0.0650. The summed E-state index contributed by atoms with van der Waals surface area (Å²) in [5.74, 6) is -0.198. The van der Waals surface area contributed by atoms with Gasteiger partial charge in [0.15, 0.2) is 23.3 Å². The van der Waals surface area contributed by atoms with Gasteiger partial charge in [-0.25, -0.2) is 9.48 Å². The van der Waals surface area contributed by atoms with Crippen LogP contribution in [-0.2, 0) is 16.6 Å². The molecule has 1 unspecified atom stereocenters. The predicted molar refractivity (Wildman–Crippen MR) is 85.6 cm³/mol. The summed E-state index contributed by atoms with van der Waals surface area (Å²) >= 11 is 0. The number of anilines is 1. The highest BCUT2D eigenvalue weighted by molar-refractivity contribution is 5.97. The first-order valence-corrected chi connectivity index (χ1v) is 7.40. The number of esters is 1. The highest BCUT2D eigenvalue weighted by Crippen LogP contribution is 2.34. The van der Waals surface area contributed by atoms with Crippen LogP contribution in [0.5, 0.6) is 11.5 Å². The molecular formula is C16H15N3O6. The third-order valence-electron chi connectivity index (χ3n) is 3.46. The van der Waals surface area contributed by atoms with Crippen molar-refractivity contribution in [2.24, 2.45) is 7.05 Å². The van der Waals surface area contributed by atoms with Crippen LogP contribution in [0, 0.1) is 0 Å². The number of nitrogens with zero attached hydrogens (tertiary/aromatic N) is 2. The Morgan fingerprint density at radius 1 is 1.24 bits per heavy atom. The average molecular weight is 345 g/mol. The molecule has 9 nitrogen and oxygen atoms in total. The molecule has 1 amide bonds. The summed E-state index contributed by atoms with van der Waals surface area (Å²) in [6.07, 6.45) is -1.06. The van der Waals surface area contributed by atoms with Gasteiger partial charge in [0.2, 0.25) is 6.79 Å². The molecule has 1 atom stereocenters. The van der Waals surface area contributed by atoms with Crippen molar-refractivity contribution in [1.82, 2.24) is 9.78 Å². The van der Waals surface area contributed by atoms with Gasteiger partial charge in [0, 0.05) is 24.9 Å². The van der Waals surface area contributed by atoms with Gasteiger partial charge in [0.05, 0.1) is 0 Å². The van der Waals surface area contributed by atoms with Gasteiger partial charge in [-0.05, 0) is 25.1 Å². The van der Waals surface area contributed by atoms with Crippen LogP contribution in [0.15, 0.2) is 35.1 Å². The van der Waals surface area contributed by atoms with E-state index in [0.717, 1.165) is 4.68 Å². The third kappa shape index (κ3) is 3.60. The lowest BCUT2D eigenvalue weighted by Crippen LogP contribution is -2.31. The zero-order valence-corrected chi connectivity index (χ0v) is 13.5. The Balaban J connectivity index is 1.63. The molecule has 130 valence electrons. The van der Waals surface area contributed by atoms with E-state index in [1.165, 1.54) is 26.1 Å². The standard InChI is InChI=1S/C16H15N3O6/c1-9(25-16(22)11-4-6-14(20)19(2)18-11)15(21)17-10-3-5-12-13(7-10)24-8-23-12/h3-7,9H,8H2,1-2H3,(H,17,21). The van der Waals surface area contributed by atoms with Crippen molar-refractivity contribution in [2.75, 3.05) is 12.1 Å². The number of carbonyl (C=O) groups is 2. The quantitative estimate of drug-likeness (QED) is 0.812. The van der Waals surface area contributed by atoms with Crippen molar-refractivity contribution in [2.45, 2.75) is 13.0 Å². The number of amides is 1. The number of ether oxygens (including phenoxy) is 3. The largest absolute Gasteiger partial charge is 0.454 e. The topological polar surface area (TPSA) is 109 Å². The molecule has 25 heavy (non-hydrogen) atoms. The first kappa shape index (κ1) is 16.5. The summed E-state index contributed by atoms with van der Waals surface area (Å²) in [6, 6.07) is 7.37. The number of rotatable bonds is 4. The Morgan fingerprint density at radius 2 is 2.00 bits per heavy atom. The summed E-state index contributed by atoms with van der Waals surface area (Å²) in [4.78, 5) is 35.4. The van der Waals surface area contributed by atoms with E-state index >= 15 is 0 Å². The maximum atomic E-state index is 12.2. The number of fused-ring (bicyclic) bond motifs is 1. The number of aromatic nitrogens is 2. The summed E-state index contributed by atoms with van der Waals surface area (Å²) in [7, 11) is 1.41. The molecule has 1 aliphatic rings. The SMILES string of the molecule is CC(OC(=O)c1ccc(=O)n(C)n1)C(=O)Nc1ccc2c(c1)OCO2. The Kier molecular flexibility index (Phi) is 4.38. The van der Waals surface area contributed by atoms with Crippen LogP contribution in [-0.4, -0.2) is 34.6 Å². The molecule has 2 aromatic rings. The van der Waals surface area contributed by atoms with Crippen LogP contribution in [0.2, 0.25) is 0 Å². The molecule has 0 bridgehead atoms. The van der Waals surface area contributed by atoms with Crippen molar-refractivity contribution in [3.05, 3.63) is 46.4 Å². The molecule has 1 aliphatic heterocycles. The van der Waals surface area contributed by atoms with Crippen LogP contribution < -0.4 is 20.3 Å². The Bertz CT molecular complexity index is 892. The number of benzene rings is 1. The van der Waals surface area contributed by atoms with Crippen LogP contribution in [0.3, 0.4) is 0 Å². The van der Waals surface area contributed by atoms with Crippen LogP contribution in [0.25, 0.3) is 0 Å². The minimum atomic E-state index is -1.06. The van der Waals surface area contributed by atoms with E-state index < -0.39 is 18.0 Å². The highest BCUT2D eigenvalue weighted by atomic mass is 16.7. The molecule has 0 fully saturated rings. The zero-order chi connectivity index (χ0) is 18.0. The van der Waals surface area contributed by atoms with Crippen LogP contribution >= 0.6 is 0 Å². The Hall–Kier alpha value is -3.36. The maximum absolute atomic E-state index is 12.2. The van der Waals surface area contributed by atoms with Crippen molar-refractivity contribution in [3.63, 3.8) is 0 Å². The summed E-state index contributed by atoms with van der Waals surface area (Å²) < 4.78 is 16.5. The first-order valence-electron chi connectivity index (χ1n) is 7.40. The van der Waals surface area contributed by atoms with Gasteiger partial charge in [-0.3, -0.25) is 9.59 Å². The second-order valence-electron chi connectivity index (χ2n) is 5.29. The Morgan fingerprint density at radius 3 is 2.76 bits per heavy atom. The number of carbonyl (C=O) groups excluding carboxylic acids is 2. The highest BCUT2D eigenvalue weighted by Gasteiger charge is 2.21. The summed E-state index contributed by atoms with van der Waals surface area (Å²) in [5.41, 5.74) is 0.0624. The molecule has 3 rings (SSSR count). The van der Waals surface area contributed by atoms with Crippen molar-refractivity contribution in [3.8, 4) is 11.5 Å². The predicted octanol–water partition coefficient (Wildman–Crippen LogP) is 0.693. The molecule has 0 saturated heterocycles. The van der Waals surface area contributed by atoms with Gasteiger partial charge in [-0.2, -0.15) is 5.10 Å². The molecule has 2 heterocycles. The molecule has 9 heteroatoms. The molecule has 0 radical (unpaired) electrons. The number of nitrogens with one attached hydrogen (secondary N) is 1. The first-order chi connectivity index (χ1) is 11.9. The molecule has 1 aromatic carbocycles. The fourth-order valence-corrected chi connectivity index (χ4v) is 2.10. The van der Waals surface area contributed by atoms with E-state index in [0.29, 0.717) is 17.2 Å². The molecule has 0 aliphatic carbocycles. The molecule has 0 saturated carbocycles. The summed E-state index contributed by atoms with van der Waals surface area (Å²) in [6.45, 7) is 1.56. The normalized spacial score (nSPS) is 13.2. The van der Waals surface area contributed by atoms with E-state index in [-0.39, 0.29) is 18.0 Å². The van der Waals surface area contributed by atoms with Crippen molar-refractivity contribution >= 4 is 17.6 Å². The van der Waals surface area contributed by atoms with Gasteiger partial charge < -0.3 is 19.5 Å². The molecule has 1 N–H and O–H groups in total. The van der Waals surface area contributed by atoms with Gasteiger partial charge in [-0.1, -0.05) is 0 Å². The smallest absolute Gasteiger partial charge is 0.359 e. The molecule has 1 aromatic heterocycles. The second kappa shape index (κ2) is 6.63. The minimum Gasteiger partial charge on any atom is -0.454 e. The molecule has 0 spiro atoms. The van der Waals surface area contributed by atoms with Crippen LogP contribution in [0.1, 0.15) is 17.4 Å².